The molecule has 1 fully saturated rings. The number of nitrogens with two attached hydrogens (primary N) is 1. The lowest BCUT2D eigenvalue weighted by molar-refractivity contribution is -0.149. The largest absolute Gasteiger partial charge is 0.373 e. The van der Waals surface area contributed by atoms with E-state index in [2.05, 4.69) is 4.84 Å². The Balaban J connectivity index is 2.27. The molecule has 1 atom stereocenters. The molecule has 0 spiro atoms. The van der Waals surface area contributed by atoms with E-state index in [1.54, 1.807) is 0 Å². The van der Waals surface area contributed by atoms with Gasteiger partial charge in [0.25, 0.3) is 0 Å². The normalized spacial score (nSPS) is 19.5. The van der Waals surface area contributed by atoms with Crippen LogP contribution in [-0.2, 0) is 9.63 Å². The Kier molecular flexibility index (Phi) is 2.88. The lowest BCUT2D eigenvalue weighted by Crippen LogP contribution is -2.20. The predicted molar refractivity (Wildman–Crippen MR) is 41.4 cm³/mol. The highest BCUT2D eigenvalue weighted by molar-refractivity contribution is 5.71. The van der Waals surface area contributed by atoms with Crippen LogP contribution in [0.5, 0.6) is 0 Å². The minimum Gasteiger partial charge on any atom is -0.373 e. The van der Waals surface area contributed by atoms with Crippen molar-refractivity contribution in [2.24, 2.45) is 17.7 Å². The van der Waals surface area contributed by atoms with Crippen LogP contribution in [-0.4, -0.2) is 5.97 Å². The molecule has 2 N–H and O–H groups in total. The fourth-order valence-electron chi connectivity index (χ4n) is 1.28. The summed E-state index contributed by atoms with van der Waals surface area (Å²) in [7, 11) is 0. The van der Waals surface area contributed by atoms with E-state index < -0.39 is 0 Å². The second-order valence-electron chi connectivity index (χ2n) is 3.22. The molecule has 1 rings (SSSR count). The van der Waals surface area contributed by atoms with Crippen LogP contribution >= 0.6 is 0 Å². The lowest BCUT2D eigenvalue weighted by atomic mass is 10.00. The molecule has 0 saturated heterocycles. The summed E-state index contributed by atoms with van der Waals surface area (Å²) in [5.41, 5.74) is 0. The summed E-state index contributed by atoms with van der Waals surface area (Å²) in [6, 6.07) is 0. The molecule has 0 aliphatic heterocycles. The fourth-order valence-corrected chi connectivity index (χ4v) is 1.28. The summed E-state index contributed by atoms with van der Waals surface area (Å²) >= 11 is 0. The highest BCUT2D eigenvalue weighted by atomic mass is 16.7. The van der Waals surface area contributed by atoms with Crippen molar-refractivity contribution in [2.75, 3.05) is 0 Å². The standard InChI is InChI=1S/C8H15NO2/c1-2-7(8(10)11-9)5-6-3-4-6/h6-7H,2-5,9H2,1H3. The third-order valence-corrected chi connectivity index (χ3v) is 2.26. The zero-order chi connectivity index (χ0) is 8.27. The van der Waals surface area contributed by atoms with Crippen LogP contribution in [0.1, 0.15) is 32.6 Å². The number of hydrogen-bond acceptors (Lipinski definition) is 3. The lowest BCUT2D eigenvalue weighted by Gasteiger charge is -2.09. The minimum atomic E-state index is -0.251. The molecule has 11 heavy (non-hydrogen) atoms. The summed E-state index contributed by atoms with van der Waals surface area (Å²) in [4.78, 5) is 15.2. The van der Waals surface area contributed by atoms with Crippen molar-refractivity contribution in [3.8, 4) is 0 Å². The average Bonchev–Trinajstić information content (AvgIpc) is 2.82. The van der Waals surface area contributed by atoms with E-state index in [1.165, 1.54) is 12.8 Å². The van der Waals surface area contributed by atoms with Gasteiger partial charge >= 0.3 is 5.97 Å². The van der Waals surface area contributed by atoms with Gasteiger partial charge in [0.1, 0.15) is 0 Å². The van der Waals surface area contributed by atoms with Gasteiger partial charge in [-0.2, -0.15) is 5.90 Å². The summed E-state index contributed by atoms with van der Waals surface area (Å²) in [5.74, 6) is 5.34. The van der Waals surface area contributed by atoms with Crippen molar-refractivity contribution < 1.29 is 9.63 Å². The maximum Gasteiger partial charge on any atom is 0.327 e. The maximum absolute atomic E-state index is 11.0. The Bertz CT molecular complexity index is 143. The minimum absolute atomic E-state index is 0.0347. The third kappa shape index (κ3) is 2.50. The van der Waals surface area contributed by atoms with Crippen molar-refractivity contribution >= 4 is 5.97 Å². The molecular weight excluding hydrogens is 142 g/mol. The number of carbonyl (C=O) groups excluding carboxylic acids is 1. The molecule has 0 radical (unpaired) electrons. The molecule has 0 amide bonds. The van der Waals surface area contributed by atoms with Gasteiger partial charge < -0.3 is 4.84 Å². The molecule has 1 saturated carbocycles. The van der Waals surface area contributed by atoms with Crippen LogP contribution in [0, 0.1) is 11.8 Å². The quantitative estimate of drug-likeness (QED) is 0.624. The fraction of sp³-hybridized carbons (Fsp3) is 0.875. The highest BCUT2D eigenvalue weighted by Gasteiger charge is 2.28. The van der Waals surface area contributed by atoms with Crippen LogP contribution in [0.15, 0.2) is 0 Å². The Labute approximate surface area is 66.9 Å². The second kappa shape index (κ2) is 3.72. The molecule has 0 aromatic heterocycles. The summed E-state index contributed by atoms with van der Waals surface area (Å²) in [6.07, 6.45) is 4.35. The van der Waals surface area contributed by atoms with Crippen LogP contribution in [0.3, 0.4) is 0 Å². The van der Waals surface area contributed by atoms with Crippen molar-refractivity contribution in [2.45, 2.75) is 32.6 Å². The number of carbonyl (C=O) groups is 1. The van der Waals surface area contributed by atoms with Gasteiger partial charge in [0.2, 0.25) is 0 Å². The molecule has 1 aliphatic carbocycles. The van der Waals surface area contributed by atoms with Crippen LogP contribution in [0.4, 0.5) is 0 Å². The first-order valence-corrected chi connectivity index (χ1v) is 4.18. The molecule has 3 nitrogen and oxygen atoms in total. The molecule has 0 bridgehead atoms. The van der Waals surface area contributed by atoms with E-state index in [4.69, 9.17) is 5.90 Å². The molecule has 1 unspecified atom stereocenters. The molecule has 64 valence electrons. The zero-order valence-electron chi connectivity index (χ0n) is 6.88. The first kappa shape index (κ1) is 8.53. The first-order valence-electron chi connectivity index (χ1n) is 4.18. The summed E-state index contributed by atoms with van der Waals surface area (Å²) in [5, 5.41) is 0. The molecule has 3 heteroatoms. The van der Waals surface area contributed by atoms with E-state index in [9.17, 15) is 4.79 Å². The van der Waals surface area contributed by atoms with E-state index in [0.29, 0.717) is 0 Å². The van der Waals surface area contributed by atoms with Gasteiger partial charge in [-0.05, 0) is 18.8 Å². The van der Waals surface area contributed by atoms with Crippen LogP contribution in [0.25, 0.3) is 0 Å². The molecule has 1 aliphatic rings. The number of rotatable bonds is 4. The van der Waals surface area contributed by atoms with Gasteiger partial charge in [-0.15, -0.1) is 0 Å². The Morgan fingerprint density at radius 1 is 1.73 bits per heavy atom. The topological polar surface area (TPSA) is 52.3 Å². The molecule has 0 aromatic carbocycles. The van der Waals surface area contributed by atoms with Gasteiger partial charge in [-0.25, -0.2) is 0 Å². The van der Waals surface area contributed by atoms with Gasteiger partial charge in [0, 0.05) is 0 Å². The first-order chi connectivity index (χ1) is 5.27. The van der Waals surface area contributed by atoms with Crippen molar-refractivity contribution in [3.05, 3.63) is 0 Å². The van der Waals surface area contributed by atoms with Gasteiger partial charge in [-0.1, -0.05) is 19.8 Å². The monoisotopic (exact) mass is 157 g/mol. The molecule has 0 aromatic rings. The van der Waals surface area contributed by atoms with Crippen LogP contribution in [0.2, 0.25) is 0 Å². The summed E-state index contributed by atoms with van der Waals surface area (Å²) < 4.78 is 0. The smallest absolute Gasteiger partial charge is 0.327 e. The number of hydrogen-bond donors (Lipinski definition) is 1. The Hall–Kier alpha value is -0.570. The SMILES string of the molecule is CCC(CC1CC1)C(=O)ON. The van der Waals surface area contributed by atoms with E-state index >= 15 is 0 Å². The van der Waals surface area contributed by atoms with Gasteiger partial charge in [0.05, 0.1) is 5.92 Å². The Morgan fingerprint density at radius 2 is 2.36 bits per heavy atom. The Morgan fingerprint density at radius 3 is 2.73 bits per heavy atom. The predicted octanol–water partition coefficient (Wildman–Crippen LogP) is 1.23. The highest BCUT2D eigenvalue weighted by Crippen LogP contribution is 2.36. The molecule has 0 heterocycles. The maximum atomic E-state index is 11.0. The van der Waals surface area contributed by atoms with E-state index in [1.807, 2.05) is 6.92 Å². The van der Waals surface area contributed by atoms with E-state index in [0.717, 1.165) is 18.8 Å². The average molecular weight is 157 g/mol. The third-order valence-electron chi connectivity index (χ3n) is 2.26. The zero-order valence-corrected chi connectivity index (χ0v) is 6.88. The van der Waals surface area contributed by atoms with Gasteiger partial charge in [0.15, 0.2) is 0 Å². The summed E-state index contributed by atoms with van der Waals surface area (Å²) in [6.45, 7) is 1.99. The van der Waals surface area contributed by atoms with Crippen molar-refractivity contribution in [3.63, 3.8) is 0 Å². The molecular formula is C8H15NO2. The van der Waals surface area contributed by atoms with Crippen LogP contribution < -0.4 is 5.90 Å². The van der Waals surface area contributed by atoms with Crippen molar-refractivity contribution in [1.29, 1.82) is 0 Å². The van der Waals surface area contributed by atoms with E-state index in [-0.39, 0.29) is 11.9 Å². The second-order valence-corrected chi connectivity index (χ2v) is 3.22. The van der Waals surface area contributed by atoms with Gasteiger partial charge in [-0.3, -0.25) is 4.79 Å². The van der Waals surface area contributed by atoms with Crippen molar-refractivity contribution in [1.82, 2.24) is 0 Å².